The molecule has 0 radical (unpaired) electrons. The Balaban J connectivity index is 2.01. The van der Waals surface area contributed by atoms with E-state index in [4.69, 9.17) is 9.84 Å². The van der Waals surface area contributed by atoms with Crippen LogP contribution in [0.1, 0.15) is 39.0 Å². The minimum absolute atomic E-state index is 0.00120. The first-order valence-corrected chi connectivity index (χ1v) is 9.46. The molecule has 1 atom stereocenters. The van der Waals surface area contributed by atoms with Crippen LogP contribution in [0.3, 0.4) is 0 Å². The van der Waals surface area contributed by atoms with Crippen LogP contribution in [0.15, 0.2) is 23.1 Å². The van der Waals surface area contributed by atoms with Crippen molar-refractivity contribution in [2.75, 3.05) is 13.2 Å². The van der Waals surface area contributed by atoms with Crippen molar-refractivity contribution in [2.24, 2.45) is 5.92 Å². The van der Waals surface area contributed by atoms with Gasteiger partial charge in [-0.3, -0.25) is 0 Å². The van der Waals surface area contributed by atoms with Crippen LogP contribution in [0.2, 0.25) is 0 Å². The summed E-state index contributed by atoms with van der Waals surface area (Å²) in [5.74, 6) is -0.118. The molecule has 7 heteroatoms. The van der Waals surface area contributed by atoms with Gasteiger partial charge in [0.15, 0.2) is 11.6 Å². The highest BCUT2D eigenvalue weighted by atomic mass is 32.2. The van der Waals surface area contributed by atoms with Crippen LogP contribution in [0, 0.1) is 11.7 Å². The second kappa shape index (κ2) is 8.08. The molecule has 1 aliphatic rings. The van der Waals surface area contributed by atoms with Gasteiger partial charge in [0.05, 0.1) is 11.5 Å². The van der Waals surface area contributed by atoms with Gasteiger partial charge in [0.25, 0.3) is 0 Å². The molecular formula is C16H24FNO4S. The molecule has 0 heterocycles. The van der Waals surface area contributed by atoms with Gasteiger partial charge in [-0.05, 0) is 57.1 Å². The van der Waals surface area contributed by atoms with E-state index in [0.29, 0.717) is 25.4 Å². The van der Waals surface area contributed by atoms with Crippen molar-refractivity contribution in [3.05, 3.63) is 24.0 Å². The Labute approximate surface area is 136 Å². The number of sulfonamides is 1. The summed E-state index contributed by atoms with van der Waals surface area (Å²) in [5, 5.41) is 8.75. The van der Waals surface area contributed by atoms with E-state index in [2.05, 4.69) is 4.72 Å². The van der Waals surface area contributed by atoms with Gasteiger partial charge < -0.3 is 9.84 Å². The van der Waals surface area contributed by atoms with E-state index >= 15 is 0 Å². The Bertz CT molecular complexity index is 617. The Morgan fingerprint density at radius 2 is 2.13 bits per heavy atom. The van der Waals surface area contributed by atoms with E-state index in [-0.39, 0.29) is 23.3 Å². The molecule has 0 unspecified atom stereocenters. The van der Waals surface area contributed by atoms with E-state index in [9.17, 15) is 12.8 Å². The Hall–Kier alpha value is -1.18. The van der Waals surface area contributed by atoms with E-state index in [1.54, 1.807) is 6.92 Å². The number of aliphatic hydroxyl groups excluding tert-OH is 1. The summed E-state index contributed by atoms with van der Waals surface area (Å²) in [4.78, 5) is -0.00120. The Kier molecular flexibility index (Phi) is 6.38. The topological polar surface area (TPSA) is 75.6 Å². The molecule has 0 amide bonds. The van der Waals surface area contributed by atoms with Crippen molar-refractivity contribution in [1.29, 1.82) is 0 Å². The smallest absolute Gasteiger partial charge is 0.240 e. The van der Waals surface area contributed by atoms with E-state index in [1.165, 1.54) is 12.1 Å². The van der Waals surface area contributed by atoms with Crippen molar-refractivity contribution in [3.63, 3.8) is 0 Å². The zero-order chi connectivity index (χ0) is 16.9. The quantitative estimate of drug-likeness (QED) is 0.639. The molecule has 2 N–H and O–H groups in total. The number of unbranched alkanes of at least 4 members (excludes halogenated alkanes) is 1. The fourth-order valence-electron chi connectivity index (χ4n) is 2.21. The fourth-order valence-corrected chi connectivity index (χ4v) is 3.50. The van der Waals surface area contributed by atoms with Gasteiger partial charge in [-0.15, -0.1) is 0 Å². The normalized spacial score (nSPS) is 16.3. The Morgan fingerprint density at radius 3 is 2.78 bits per heavy atom. The van der Waals surface area contributed by atoms with Gasteiger partial charge in [0.2, 0.25) is 10.0 Å². The van der Waals surface area contributed by atoms with Crippen molar-refractivity contribution < 1.29 is 22.7 Å². The Morgan fingerprint density at radius 1 is 1.39 bits per heavy atom. The number of rotatable bonds is 10. The first-order chi connectivity index (χ1) is 10.9. The summed E-state index contributed by atoms with van der Waals surface area (Å²) in [6.07, 6.45) is 4.16. The highest BCUT2D eigenvalue weighted by Gasteiger charge is 2.24. The molecule has 0 bridgehead atoms. The number of nitrogens with one attached hydrogen (secondary N) is 1. The molecular weight excluding hydrogens is 321 g/mol. The van der Waals surface area contributed by atoms with Crippen molar-refractivity contribution >= 4 is 10.0 Å². The number of ether oxygens (including phenoxy) is 1. The van der Waals surface area contributed by atoms with Gasteiger partial charge in [-0.2, -0.15) is 0 Å². The van der Waals surface area contributed by atoms with Gasteiger partial charge in [-0.1, -0.05) is 0 Å². The lowest BCUT2D eigenvalue weighted by atomic mass is 10.1. The van der Waals surface area contributed by atoms with Crippen LogP contribution in [-0.4, -0.2) is 32.8 Å². The number of aliphatic hydroxyl groups is 1. The van der Waals surface area contributed by atoms with E-state index < -0.39 is 15.8 Å². The highest BCUT2D eigenvalue weighted by Crippen LogP contribution is 2.30. The zero-order valence-electron chi connectivity index (χ0n) is 13.3. The van der Waals surface area contributed by atoms with E-state index in [0.717, 1.165) is 25.3 Å². The maximum absolute atomic E-state index is 13.7. The van der Waals surface area contributed by atoms with E-state index in [1.807, 2.05) is 0 Å². The van der Waals surface area contributed by atoms with Gasteiger partial charge in [0.1, 0.15) is 0 Å². The molecule has 130 valence electrons. The molecule has 0 spiro atoms. The van der Waals surface area contributed by atoms with Crippen molar-refractivity contribution in [3.8, 4) is 5.75 Å². The molecule has 1 aromatic rings. The third kappa shape index (κ3) is 5.75. The molecule has 1 saturated carbocycles. The minimum Gasteiger partial charge on any atom is -0.490 e. The largest absolute Gasteiger partial charge is 0.490 e. The maximum atomic E-state index is 13.7. The van der Waals surface area contributed by atoms with Crippen LogP contribution < -0.4 is 9.46 Å². The molecule has 1 aromatic carbocycles. The SMILES string of the molecule is C[C@@H](CCCCO)NS(=O)(=O)c1ccc(F)c(OCC2CC2)c1. The lowest BCUT2D eigenvalue weighted by Gasteiger charge is -2.15. The third-order valence-corrected chi connectivity index (χ3v) is 5.37. The van der Waals surface area contributed by atoms with Crippen LogP contribution in [-0.2, 0) is 10.0 Å². The summed E-state index contributed by atoms with van der Waals surface area (Å²) in [6, 6.07) is 3.34. The first-order valence-electron chi connectivity index (χ1n) is 7.98. The van der Waals surface area contributed by atoms with Crippen LogP contribution >= 0.6 is 0 Å². The molecule has 1 fully saturated rings. The highest BCUT2D eigenvalue weighted by molar-refractivity contribution is 7.89. The predicted octanol–water partition coefficient (Wildman–Crippen LogP) is 2.44. The fraction of sp³-hybridized carbons (Fsp3) is 0.625. The molecule has 2 rings (SSSR count). The average molecular weight is 345 g/mol. The molecule has 1 aliphatic carbocycles. The monoisotopic (exact) mass is 345 g/mol. The number of hydrogen-bond acceptors (Lipinski definition) is 4. The molecule has 0 aromatic heterocycles. The second-order valence-electron chi connectivity index (χ2n) is 6.09. The van der Waals surface area contributed by atoms with Gasteiger partial charge in [-0.25, -0.2) is 17.5 Å². The summed E-state index contributed by atoms with van der Waals surface area (Å²) in [7, 11) is -3.72. The molecule has 23 heavy (non-hydrogen) atoms. The molecule has 0 aliphatic heterocycles. The van der Waals surface area contributed by atoms with Crippen molar-refractivity contribution in [1.82, 2.24) is 4.72 Å². The molecule has 5 nitrogen and oxygen atoms in total. The number of halogens is 1. The van der Waals surface area contributed by atoms with Crippen LogP contribution in [0.25, 0.3) is 0 Å². The minimum atomic E-state index is -3.72. The lowest BCUT2D eigenvalue weighted by molar-refractivity contribution is 0.281. The van der Waals surface area contributed by atoms with Gasteiger partial charge in [0, 0.05) is 18.7 Å². The first kappa shape index (κ1) is 18.2. The summed E-state index contributed by atoms with van der Waals surface area (Å²) in [6.45, 7) is 2.29. The van der Waals surface area contributed by atoms with Crippen LogP contribution in [0.5, 0.6) is 5.75 Å². The van der Waals surface area contributed by atoms with Crippen molar-refractivity contribution in [2.45, 2.75) is 50.0 Å². The lowest BCUT2D eigenvalue weighted by Crippen LogP contribution is -2.32. The summed E-state index contributed by atoms with van der Waals surface area (Å²) in [5.41, 5.74) is 0. The molecule has 0 saturated heterocycles. The van der Waals surface area contributed by atoms with Crippen LogP contribution in [0.4, 0.5) is 4.39 Å². The maximum Gasteiger partial charge on any atom is 0.240 e. The predicted molar refractivity (Wildman–Crippen MR) is 85.3 cm³/mol. The zero-order valence-corrected chi connectivity index (χ0v) is 14.1. The van der Waals surface area contributed by atoms with Gasteiger partial charge >= 0.3 is 0 Å². The standard InChI is InChI=1S/C16H24FNO4S/c1-12(4-2-3-9-19)18-23(20,21)14-7-8-15(17)16(10-14)22-11-13-5-6-13/h7-8,10,12-13,18-19H,2-6,9,11H2,1H3/t12-/m0/s1. The summed E-state index contributed by atoms with van der Waals surface area (Å²) >= 11 is 0. The number of benzene rings is 1. The second-order valence-corrected chi connectivity index (χ2v) is 7.80. The number of hydrogen-bond donors (Lipinski definition) is 2. The average Bonchev–Trinajstić information content (AvgIpc) is 3.30. The third-order valence-electron chi connectivity index (χ3n) is 3.79. The summed E-state index contributed by atoms with van der Waals surface area (Å²) < 4.78 is 46.4.